The number of hydrazone groups is 1. The van der Waals surface area contributed by atoms with Crippen LogP contribution in [0.5, 0.6) is 0 Å². The minimum atomic E-state index is 0.431. The summed E-state index contributed by atoms with van der Waals surface area (Å²) in [5, 5.41) is 37.6. The van der Waals surface area contributed by atoms with E-state index < -0.39 is 0 Å². The summed E-state index contributed by atoms with van der Waals surface area (Å²) in [6, 6.07) is 14.8. The topological polar surface area (TPSA) is 191 Å². The zero-order valence-corrected chi connectivity index (χ0v) is 46.8. The second kappa shape index (κ2) is 34.3. The fourth-order valence-corrected chi connectivity index (χ4v) is 7.70. The van der Waals surface area contributed by atoms with Crippen LogP contribution >= 0.6 is 0 Å². The number of rotatable bonds is 5. The van der Waals surface area contributed by atoms with Gasteiger partial charge < -0.3 is 5.43 Å². The van der Waals surface area contributed by atoms with Crippen LogP contribution in [-0.2, 0) is 0 Å². The Morgan fingerprint density at radius 3 is 1.50 bits per heavy atom. The number of fused-ring (bicyclic) bond motifs is 5. The average Bonchev–Trinajstić information content (AvgIpc) is 4.27. The molecule has 7 aromatic heterocycles. The summed E-state index contributed by atoms with van der Waals surface area (Å²) in [5.74, 6) is 3.28. The minimum absolute atomic E-state index is 0.431. The molecule has 0 spiro atoms. The molecule has 70 heavy (non-hydrogen) atoms. The van der Waals surface area contributed by atoms with E-state index in [0.717, 1.165) is 61.5 Å². The first-order chi connectivity index (χ1) is 33.9. The first kappa shape index (κ1) is 62.0. The van der Waals surface area contributed by atoms with Gasteiger partial charge >= 0.3 is 0 Å². The molecule has 0 amide bonds. The van der Waals surface area contributed by atoms with Crippen LogP contribution in [0.1, 0.15) is 211 Å². The maximum Gasteiger partial charge on any atom is 0.184 e. The first-order valence-corrected chi connectivity index (χ1v) is 26.4. The zero-order valence-electron chi connectivity index (χ0n) is 46.8. The highest BCUT2D eigenvalue weighted by Crippen LogP contribution is 2.31. The molecule has 2 aliphatic rings. The minimum Gasteiger partial charge on any atom is -0.306 e. The normalized spacial score (nSPS) is 14.0. The Balaban J connectivity index is 0.000000418. The summed E-state index contributed by atoms with van der Waals surface area (Å²) in [7, 11) is 0. The van der Waals surface area contributed by atoms with Crippen molar-refractivity contribution in [3.63, 3.8) is 0 Å². The lowest BCUT2D eigenvalue weighted by molar-refractivity contribution is 0.350. The van der Waals surface area contributed by atoms with E-state index in [9.17, 15) is 0 Å². The van der Waals surface area contributed by atoms with Crippen molar-refractivity contribution in [2.45, 2.75) is 194 Å². The number of pyridine rings is 2. The highest BCUT2D eigenvalue weighted by Gasteiger charge is 2.34. The van der Waals surface area contributed by atoms with E-state index in [1.54, 1.807) is 18.6 Å². The molecule has 2 unspecified atom stereocenters. The Morgan fingerprint density at radius 2 is 0.914 bits per heavy atom. The predicted octanol–water partition coefficient (Wildman–Crippen LogP) is 15.6. The third-order valence-electron chi connectivity index (χ3n) is 10.9. The van der Waals surface area contributed by atoms with Crippen molar-refractivity contribution in [1.82, 2.24) is 66.2 Å². The van der Waals surface area contributed by atoms with Gasteiger partial charge in [0.2, 0.25) is 0 Å². The van der Waals surface area contributed by atoms with E-state index in [4.69, 9.17) is 0 Å². The third kappa shape index (κ3) is 17.7. The molecule has 2 atom stereocenters. The first-order valence-electron chi connectivity index (χ1n) is 26.4. The summed E-state index contributed by atoms with van der Waals surface area (Å²) in [6.45, 7) is 41.6. The summed E-state index contributed by atoms with van der Waals surface area (Å²) in [4.78, 5) is 16.2. The molecule has 1 aliphatic carbocycles. The van der Waals surface area contributed by atoms with Crippen LogP contribution in [0.2, 0.25) is 0 Å². The van der Waals surface area contributed by atoms with Gasteiger partial charge in [-0.05, 0) is 66.7 Å². The van der Waals surface area contributed by atoms with E-state index in [1.165, 1.54) is 48.8 Å². The molecule has 0 bridgehead atoms. The van der Waals surface area contributed by atoms with Gasteiger partial charge in [-0.1, -0.05) is 170 Å². The van der Waals surface area contributed by atoms with Crippen molar-refractivity contribution in [2.24, 2.45) is 16.9 Å². The monoisotopic (exact) mass is 961 g/mol. The van der Waals surface area contributed by atoms with Crippen LogP contribution in [0.25, 0.3) is 43.9 Å². The quantitative estimate of drug-likeness (QED) is 0.112. The van der Waals surface area contributed by atoms with Gasteiger partial charge in [0, 0.05) is 75.4 Å². The van der Waals surface area contributed by atoms with E-state index >= 15 is 0 Å². The van der Waals surface area contributed by atoms with Crippen molar-refractivity contribution in [2.75, 3.05) is 0 Å². The highest BCUT2D eigenvalue weighted by molar-refractivity contribution is 5.90. The summed E-state index contributed by atoms with van der Waals surface area (Å²) in [6.07, 6.45) is 14.1. The average molecular weight is 961 g/mol. The number of hydrogen-bond donors (Lipinski definition) is 5. The van der Waals surface area contributed by atoms with Crippen LogP contribution < -0.4 is 5.43 Å². The van der Waals surface area contributed by atoms with Gasteiger partial charge in [-0.3, -0.25) is 25.4 Å². The standard InChI is InChI=1S/C10H18N2.C10H12N2.2C9H11N3.C8H10N4.5C2H6/c2*1-7(2)10-8-5-3-4-6-9(8)11-12-10;1-6(2)9-7-5-10-4-3-8(7)11-12-9;1-6(2)8-7-4-3-5-10-9(7)12-11-8;1-5(2)7-6-3-9-4-10-8(6)12-11-7;5*1-2/h7-9,11H,3-6H2,1-2H3;3-7H,1-2H3,(H,11,12);3-6H,1-2H3,(H,11,12);3-6H,1-2H3,(H,10,11,12);3-5H,1-2H3,(H,9,10,11,12);5*1-2H3. The number of para-hydroxylation sites is 1. The van der Waals surface area contributed by atoms with Crippen molar-refractivity contribution in [1.29, 1.82) is 0 Å². The SMILES string of the molecule is CC.CC.CC.CC.CC.CC(C)C1=NNC2CCCCC12.CC(C)c1[nH]nc2ccccc12.CC(C)c1[nH]nc2ccncc12.CC(C)c1[nH]nc2ncccc12.CC(C)c1[nH]nc2ncncc12. The molecule has 8 heterocycles. The van der Waals surface area contributed by atoms with Gasteiger partial charge in [0.1, 0.15) is 6.33 Å². The molecule has 8 aromatic rings. The smallest absolute Gasteiger partial charge is 0.184 e. The maximum atomic E-state index is 4.45. The second-order valence-corrected chi connectivity index (χ2v) is 17.0. The van der Waals surface area contributed by atoms with Crippen LogP contribution in [0.4, 0.5) is 0 Å². The lowest BCUT2D eigenvalue weighted by Gasteiger charge is -2.26. The van der Waals surface area contributed by atoms with Gasteiger partial charge in [0.05, 0.1) is 22.5 Å². The number of aromatic amines is 4. The predicted molar refractivity (Wildman–Crippen MR) is 300 cm³/mol. The summed E-state index contributed by atoms with van der Waals surface area (Å²) < 4.78 is 0. The molecule has 1 fully saturated rings. The number of aromatic nitrogens is 12. The maximum absolute atomic E-state index is 4.45. The number of nitrogens with one attached hydrogen (secondary N) is 5. The molecular weight excluding hydrogens is 869 g/mol. The van der Waals surface area contributed by atoms with Gasteiger partial charge in [-0.15, -0.1) is 0 Å². The summed E-state index contributed by atoms with van der Waals surface area (Å²) >= 11 is 0. The highest BCUT2D eigenvalue weighted by atomic mass is 15.3. The molecular formula is C56H92N14. The molecule has 386 valence electrons. The lowest BCUT2D eigenvalue weighted by atomic mass is 9.80. The molecule has 5 N–H and O–H groups in total. The van der Waals surface area contributed by atoms with E-state index in [1.807, 2.05) is 112 Å². The Labute approximate surface area is 421 Å². The molecule has 10 rings (SSSR count). The van der Waals surface area contributed by atoms with E-state index in [0.29, 0.717) is 35.6 Å². The Morgan fingerprint density at radius 1 is 0.443 bits per heavy atom. The Bertz CT molecular complexity index is 2260. The molecule has 0 saturated heterocycles. The van der Waals surface area contributed by atoms with Crippen molar-refractivity contribution >= 4 is 49.6 Å². The fraction of sp³-hybridized carbons (Fsp3) is 0.554. The van der Waals surface area contributed by atoms with E-state index in [-0.39, 0.29) is 0 Å². The second-order valence-electron chi connectivity index (χ2n) is 17.0. The zero-order chi connectivity index (χ0) is 52.8. The number of nitrogens with zero attached hydrogens (tertiary/aromatic N) is 9. The fourth-order valence-electron chi connectivity index (χ4n) is 7.70. The van der Waals surface area contributed by atoms with Crippen LogP contribution in [0.3, 0.4) is 0 Å². The number of benzene rings is 1. The van der Waals surface area contributed by atoms with Gasteiger partial charge in [-0.2, -0.15) is 25.5 Å². The van der Waals surface area contributed by atoms with E-state index in [2.05, 4.69) is 147 Å². The molecule has 1 aromatic carbocycles. The largest absolute Gasteiger partial charge is 0.306 e. The molecule has 1 saturated carbocycles. The van der Waals surface area contributed by atoms with Crippen LogP contribution in [0, 0.1) is 11.8 Å². The summed E-state index contributed by atoms with van der Waals surface area (Å²) in [5.41, 5.74) is 13.0. The Hall–Kier alpha value is -6.05. The number of H-pyrrole nitrogens is 4. The van der Waals surface area contributed by atoms with Crippen LogP contribution in [0.15, 0.2) is 78.7 Å². The van der Waals surface area contributed by atoms with Gasteiger partial charge in [0.25, 0.3) is 0 Å². The van der Waals surface area contributed by atoms with Gasteiger partial charge in [0.15, 0.2) is 11.3 Å². The van der Waals surface area contributed by atoms with Gasteiger partial charge in [-0.25, -0.2) is 15.0 Å². The molecule has 14 heteroatoms. The molecule has 14 nitrogen and oxygen atoms in total. The molecule has 0 radical (unpaired) electrons. The lowest BCUT2D eigenvalue weighted by Crippen LogP contribution is -2.33. The Kier molecular flexibility index (Phi) is 30.3. The number of hydrogen-bond acceptors (Lipinski definition) is 10. The molecule has 1 aliphatic heterocycles. The third-order valence-corrected chi connectivity index (χ3v) is 10.9. The van der Waals surface area contributed by atoms with Crippen molar-refractivity contribution < 1.29 is 0 Å². The van der Waals surface area contributed by atoms with Crippen LogP contribution in [-0.4, -0.2) is 72.5 Å². The van der Waals surface area contributed by atoms with Crippen molar-refractivity contribution in [3.8, 4) is 0 Å². The van der Waals surface area contributed by atoms with Crippen molar-refractivity contribution in [3.05, 3.63) is 96.4 Å².